The summed E-state index contributed by atoms with van der Waals surface area (Å²) in [6, 6.07) is -0.206. The third kappa shape index (κ3) is 3.70. The molecule has 2 atom stereocenters. The van der Waals surface area contributed by atoms with E-state index in [4.69, 9.17) is 5.11 Å². The van der Waals surface area contributed by atoms with Crippen LogP contribution in [0.15, 0.2) is 0 Å². The van der Waals surface area contributed by atoms with Crippen molar-refractivity contribution in [3.05, 3.63) is 15.6 Å². The Balaban J connectivity index is 1.87. The largest absolute Gasteiger partial charge is 0.477 e. The van der Waals surface area contributed by atoms with Gasteiger partial charge in [0, 0.05) is 19.0 Å². The molecule has 0 saturated carbocycles. The van der Waals surface area contributed by atoms with Crippen LogP contribution in [0.25, 0.3) is 0 Å². The minimum atomic E-state index is -0.998. The summed E-state index contributed by atoms with van der Waals surface area (Å²) in [6.07, 6.45) is 0.382. The molecule has 7 nitrogen and oxygen atoms in total. The molecule has 0 radical (unpaired) electrons. The van der Waals surface area contributed by atoms with Gasteiger partial charge in [0.15, 0.2) is 0 Å². The normalized spacial score (nSPS) is 19.6. The lowest BCUT2D eigenvalue weighted by molar-refractivity contribution is 0.0701. The van der Waals surface area contributed by atoms with Crippen molar-refractivity contribution in [2.24, 2.45) is 5.92 Å². The van der Waals surface area contributed by atoms with Gasteiger partial charge >= 0.3 is 12.0 Å². The topological polar surface area (TPSA) is 103 Å². The van der Waals surface area contributed by atoms with Crippen molar-refractivity contribution in [1.82, 2.24) is 15.2 Å². The zero-order chi connectivity index (χ0) is 15.6. The first-order valence-corrected chi connectivity index (χ1v) is 7.60. The third-order valence-electron chi connectivity index (χ3n) is 3.62. The number of nitrogens with one attached hydrogen (secondary N) is 1. The fraction of sp³-hybridized carbons (Fsp3) is 0.615. The molecule has 1 fully saturated rings. The van der Waals surface area contributed by atoms with Gasteiger partial charge in [0.05, 0.1) is 18.3 Å². The van der Waals surface area contributed by atoms with E-state index in [0.717, 1.165) is 17.8 Å². The molecule has 8 heteroatoms. The summed E-state index contributed by atoms with van der Waals surface area (Å²) in [4.78, 5) is 28.9. The highest BCUT2D eigenvalue weighted by molar-refractivity contribution is 7.13. The van der Waals surface area contributed by atoms with E-state index in [1.165, 1.54) is 0 Å². The molecule has 1 saturated heterocycles. The maximum Gasteiger partial charge on any atom is 0.347 e. The van der Waals surface area contributed by atoms with Gasteiger partial charge in [0.25, 0.3) is 0 Å². The van der Waals surface area contributed by atoms with E-state index in [0.29, 0.717) is 23.8 Å². The van der Waals surface area contributed by atoms with Crippen LogP contribution in [0.3, 0.4) is 0 Å². The molecule has 2 amide bonds. The minimum absolute atomic E-state index is 0.122. The molecule has 0 aliphatic carbocycles. The average molecular weight is 313 g/mol. The Morgan fingerprint density at radius 1 is 1.57 bits per heavy atom. The molecule has 1 aromatic rings. The molecular formula is C13H19N3O4S. The first-order chi connectivity index (χ1) is 9.88. The second-order valence-corrected chi connectivity index (χ2v) is 6.30. The molecule has 0 spiro atoms. The number of carboxylic acid groups (broad SMARTS) is 1. The number of aryl methyl sites for hydroxylation is 1. The number of carbonyl (C=O) groups is 2. The van der Waals surface area contributed by atoms with Gasteiger partial charge in [0.2, 0.25) is 0 Å². The van der Waals surface area contributed by atoms with Crippen molar-refractivity contribution < 1.29 is 19.8 Å². The number of hydrogen-bond donors (Lipinski definition) is 3. The smallest absolute Gasteiger partial charge is 0.347 e. The number of rotatable bonds is 4. The molecule has 3 N–H and O–H groups in total. The number of urea groups is 1. The Bertz CT molecular complexity index is 544. The van der Waals surface area contributed by atoms with Crippen LogP contribution in [-0.2, 0) is 6.54 Å². The highest BCUT2D eigenvalue weighted by Gasteiger charge is 2.29. The van der Waals surface area contributed by atoms with E-state index < -0.39 is 12.1 Å². The van der Waals surface area contributed by atoms with Crippen LogP contribution in [0.4, 0.5) is 4.79 Å². The molecule has 2 heterocycles. The van der Waals surface area contributed by atoms with Gasteiger partial charge in [0.1, 0.15) is 9.88 Å². The second kappa shape index (κ2) is 6.40. The number of aliphatic hydroxyl groups excluding tert-OH is 1. The summed E-state index contributed by atoms with van der Waals surface area (Å²) in [7, 11) is 0. The zero-order valence-corrected chi connectivity index (χ0v) is 12.8. The van der Waals surface area contributed by atoms with Gasteiger partial charge < -0.3 is 20.4 Å². The lowest BCUT2D eigenvalue weighted by Crippen LogP contribution is -2.38. The third-order valence-corrected chi connectivity index (χ3v) is 4.77. The number of aliphatic hydroxyl groups is 1. The van der Waals surface area contributed by atoms with Crippen molar-refractivity contribution in [2.45, 2.75) is 32.9 Å². The van der Waals surface area contributed by atoms with Crippen LogP contribution in [0.5, 0.6) is 0 Å². The molecule has 1 aliphatic heterocycles. The Kier molecular flexibility index (Phi) is 4.79. The number of aromatic nitrogens is 1. The van der Waals surface area contributed by atoms with Crippen LogP contribution in [0, 0.1) is 12.8 Å². The van der Waals surface area contributed by atoms with Gasteiger partial charge in [-0.05, 0) is 20.3 Å². The van der Waals surface area contributed by atoms with E-state index in [9.17, 15) is 14.7 Å². The molecule has 2 rings (SSSR count). The van der Waals surface area contributed by atoms with Gasteiger partial charge in [-0.1, -0.05) is 0 Å². The highest BCUT2D eigenvalue weighted by atomic mass is 32.1. The molecule has 21 heavy (non-hydrogen) atoms. The maximum atomic E-state index is 12.0. The molecular weight excluding hydrogens is 294 g/mol. The van der Waals surface area contributed by atoms with E-state index in [1.54, 1.807) is 18.7 Å². The number of likely N-dealkylation sites (tertiary alicyclic amines) is 1. The van der Waals surface area contributed by atoms with Crippen LogP contribution in [0.1, 0.15) is 33.7 Å². The molecule has 1 aromatic heterocycles. The fourth-order valence-electron chi connectivity index (χ4n) is 2.35. The number of carbonyl (C=O) groups excluding carboxylic acids is 1. The number of nitrogens with zero attached hydrogens (tertiary/aromatic N) is 2. The van der Waals surface area contributed by atoms with Gasteiger partial charge in [-0.3, -0.25) is 0 Å². The van der Waals surface area contributed by atoms with Crippen molar-refractivity contribution in [1.29, 1.82) is 0 Å². The first-order valence-electron chi connectivity index (χ1n) is 6.79. The number of carboxylic acids is 1. The van der Waals surface area contributed by atoms with Crippen LogP contribution in [-0.4, -0.2) is 51.3 Å². The van der Waals surface area contributed by atoms with E-state index in [1.807, 2.05) is 0 Å². The van der Waals surface area contributed by atoms with E-state index in [2.05, 4.69) is 10.3 Å². The van der Waals surface area contributed by atoms with E-state index >= 15 is 0 Å². The predicted octanol–water partition coefficient (Wildman–Crippen LogP) is 1.06. The van der Waals surface area contributed by atoms with Crippen molar-refractivity contribution >= 4 is 23.3 Å². The average Bonchev–Trinajstić information content (AvgIpc) is 3.02. The maximum absolute atomic E-state index is 12.0. The predicted molar refractivity (Wildman–Crippen MR) is 77.4 cm³/mol. The molecule has 1 aliphatic rings. The van der Waals surface area contributed by atoms with Gasteiger partial charge in [-0.15, -0.1) is 11.3 Å². The van der Waals surface area contributed by atoms with Crippen molar-refractivity contribution in [3.63, 3.8) is 0 Å². The van der Waals surface area contributed by atoms with Gasteiger partial charge in [-0.25, -0.2) is 14.6 Å². The number of aromatic carboxylic acids is 1. The first kappa shape index (κ1) is 15.7. The summed E-state index contributed by atoms with van der Waals surface area (Å²) in [5.41, 5.74) is 0.465. The Morgan fingerprint density at radius 3 is 2.81 bits per heavy atom. The standard InChI is InChI=1S/C13H19N3O4S/c1-7-11(12(18)19)21-10(15-7)5-14-13(20)16-4-3-9(6-16)8(2)17/h8-9,17H,3-6H2,1-2H3,(H,14,20)(H,18,19). The van der Waals surface area contributed by atoms with Crippen molar-refractivity contribution in [2.75, 3.05) is 13.1 Å². The lowest BCUT2D eigenvalue weighted by atomic mass is 10.0. The van der Waals surface area contributed by atoms with Gasteiger partial charge in [-0.2, -0.15) is 0 Å². The summed E-state index contributed by atoms with van der Waals surface area (Å²) in [6.45, 7) is 4.75. The minimum Gasteiger partial charge on any atom is -0.477 e. The summed E-state index contributed by atoms with van der Waals surface area (Å²) in [5.74, 6) is -0.877. The molecule has 2 unspecified atom stereocenters. The molecule has 0 aromatic carbocycles. The monoisotopic (exact) mass is 313 g/mol. The quantitative estimate of drug-likeness (QED) is 0.771. The molecule has 116 valence electrons. The highest BCUT2D eigenvalue weighted by Crippen LogP contribution is 2.20. The second-order valence-electron chi connectivity index (χ2n) is 5.22. The number of thiazole rings is 1. The van der Waals surface area contributed by atoms with Crippen LogP contribution < -0.4 is 5.32 Å². The SMILES string of the molecule is Cc1nc(CNC(=O)N2CCC(C(C)O)C2)sc1C(=O)O. The van der Waals surface area contributed by atoms with Crippen molar-refractivity contribution in [3.8, 4) is 0 Å². The fourth-order valence-corrected chi connectivity index (χ4v) is 3.20. The summed E-state index contributed by atoms with van der Waals surface area (Å²) in [5, 5.41) is 21.8. The summed E-state index contributed by atoms with van der Waals surface area (Å²) < 4.78 is 0. The lowest BCUT2D eigenvalue weighted by Gasteiger charge is -2.18. The summed E-state index contributed by atoms with van der Waals surface area (Å²) >= 11 is 1.07. The Labute approximate surface area is 126 Å². The Hall–Kier alpha value is -1.67. The zero-order valence-electron chi connectivity index (χ0n) is 12.0. The van der Waals surface area contributed by atoms with Crippen LogP contribution in [0.2, 0.25) is 0 Å². The number of hydrogen-bond acceptors (Lipinski definition) is 5. The van der Waals surface area contributed by atoms with Crippen LogP contribution >= 0.6 is 11.3 Å². The van der Waals surface area contributed by atoms with E-state index in [-0.39, 0.29) is 23.4 Å². The Morgan fingerprint density at radius 2 is 2.29 bits per heavy atom. The molecule has 0 bridgehead atoms. The number of amides is 2.